The predicted octanol–water partition coefficient (Wildman–Crippen LogP) is 1.71. The van der Waals surface area contributed by atoms with Gasteiger partial charge in [-0.1, -0.05) is 6.07 Å². The molecule has 1 amide bonds. The normalized spacial score (nSPS) is 14.6. The second-order valence-electron chi connectivity index (χ2n) is 6.57. The minimum absolute atomic E-state index is 0.0160. The second-order valence-corrected chi connectivity index (χ2v) is 6.57. The van der Waals surface area contributed by atoms with Crippen LogP contribution in [-0.4, -0.2) is 63.4 Å². The van der Waals surface area contributed by atoms with Gasteiger partial charge < -0.3 is 14.5 Å². The van der Waals surface area contributed by atoms with Crippen LogP contribution in [0.25, 0.3) is 5.65 Å². The Morgan fingerprint density at radius 1 is 1.07 bits per heavy atom. The van der Waals surface area contributed by atoms with Crippen LogP contribution in [-0.2, 0) is 0 Å². The van der Waals surface area contributed by atoms with Gasteiger partial charge in [-0.2, -0.15) is 4.98 Å². The molecule has 3 aromatic heterocycles. The third-order valence-electron chi connectivity index (χ3n) is 4.81. The molecule has 1 fully saturated rings. The van der Waals surface area contributed by atoms with Gasteiger partial charge in [0.2, 0.25) is 5.88 Å². The summed E-state index contributed by atoms with van der Waals surface area (Å²) in [5, 5.41) is 0. The number of methoxy groups -OCH3 is 1. The van der Waals surface area contributed by atoms with Crippen LogP contribution < -0.4 is 9.64 Å². The van der Waals surface area contributed by atoms with Crippen molar-refractivity contribution in [1.29, 1.82) is 0 Å². The molecule has 3 aromatic rings. The summed E-state index contributed by atoms with van der Waals surface area (Å²) >= 11 is 0. The summed E-state index contributed by atoms with van der Waals surface area (Å²) in [6.07, 6.45) is 1.88. The standard InChI is InChI=1S/C19H22N6O2/c1-13-18(25-7-5-4-6-15(25)20-13)19(26)24-10-8-23(9-11-24)16-12-17(27-3)22-14(2)21-16/h4-7,12H,8-11H2,1-3H3. The lowest BCUT2D eigenvalue weighted by Gasteiger charge is -2.35. The third kappa shape index (κ3) is 3.18. The average Bonchev–Trinajstić information content (AvgIpc) is 3.02. The van der Waals surface area contributed by atoms with Crippen LogP contribution >= 0.6 is 0 Å². The number of rotatable bonds is 3. The SMILES string of the molecule is COc1cc(N2CCN(C(=O)c3c(C)nc4ccccn34)CC2)nc(C)n1. The molecule has 0 atom stereocenters. The average molecular weight is 366 g/mol. The Kier molecular flexibility index (Phi) is 4.39. The van der Waals surface area contributed by atoms with Crippen molar-refractivity contribution in [2.45, 2.75) is 13.8 Å². The van der Waals surface area contributed by atoms with Gasteiger partial charge in [0.1, 0.15) is 23.0 Å². The molecule has 1 saturated heterocycles. The molecule has 0 saturated carbocycles. The van der Waals surface area contributed by atoms with E-state index < -0.39 is 0 Å². The lowest BCUT2D eigenvalue weighted by atomic mass is 10.2. The number of ether oxygens (including phenoxy) is 1. The van der Waals surface area contributed by atoms with E-state index in [4.69, 9.17) is 4.74 Å². The van der Waals surface area contributed by atoms with E-state index in [1.807, 2.05) is 53.6 Å². The van der Waals surface area contributed by atoms with Crippen LogP contribution in [0.5, 0.6) is 5.88 Å². The zero-order valence-electron chi connectivity index (χ0n) is 15.7. The largest absolute Gasteiger partial charge is 0.481 e. The highest BCUT2D eigenvalue weighted by molar-refractivity contribution is 5.94. The number of anilines is 1. The summed E-state index contributed by atoms with van der Waals surface area (Å²) in [6.45, 7) is 6.40. The fourth-order valence-corrected chi connectivity index (χ4v) is 3.45. The Labute approximate surface area is 157 Å². The molecule has 1 aliphatic heterocycles. The zero-order chi connectivity index (χ0) is 19.0. The van der Waals surface area contributed by atoms with E-state index >= 15 is 0 Å². The van der Waals surface area contributed by atoms with Crippen LogP contribution in [0.2, 0.25) is 0 Å². The fraction of sp³-hybridized carbons (Fsp3) is 0.368. The number of hydrogen-bond donors (Lipinski definition) is 0. The van der Waals surface area contributed by atoms with Gasteiger partial charge >= 0.3 is 0 Å². The number of carbonyl (C=O) groups is 1. The van der Waals surface area contributed by atoms with Crippen molar-refractivity contribution in [3.63, 3.8) is 0 Å². The fourth-order valence-electron chi connectivity index (χ4n) is 3.45. The molecule has 0 aliphatic carbocycles. The topological polar surface area (TPSA) is 75.9 Å². The first-order chi connectivity index (χ1) is 13.1. The van der Waals surface area contributed by atoms with Crippen molar-refractivity contribution in [2.75, 3.05) is 38.2 Å². The number of fused-ring (bicyclic) bond motifs is 1. The maximum Gasteiger partial charge on any atom is 0.272 e. The molecule has 0 radical (unpaired) electrons. The van der Waals surface area contributed by atoms with Gasteiger partial charge in [0, 0.05) is 38.4 Å². The van der Waals surface area contributed by atoms with Gasteiger partial charge in [0.15, 0.2) is 0 Å². The number of aromatic nitrogens is 4. The maximum atomic E-state index is 13.1. The number of piperazine rings is 1. The van der Waals surface area contributed by atoms with E-state index in [-0.39, 0.29) is 5.91 Å². The van der Waals surface area contributed by atoms with E-state index in [0.717, 1.165) is 17.2 Å². The van der Waals surface area contributed by atoms with Gasteiger partial charge in [-0.3, -0.25) is 9.20 Å². The molecule has 1 aliphatic rings. The van der Waals surface area contributed by atoms with E-state index in [9.17, 15) is 4.79 Å². The first-order valence-electron chi connectivity index (χ1n) is 8.94. The molecule has 0 N–H and O–H groups in total. The molecule has 8 nitrogen and oxygen atoms in total. The number of hydrogen-bond acceptors (Lipinski definition) is 6. The number of aryl methyl sites for hydroxylation is 2. The summed E-state index contributed by atoms with van der Waals surface area (Å²) in [4.78, 5) is 30.4. The number of amides is 1. The van der Waals surface area contributed by atoms with Gasteiger partial charge in [-0.15, -0.1) is 0 Å². The number of carbonyl (C=O) groups excluding carboxylic acids is 1. The van der Waals surface area contributed by atoms with Crippen LogP contribution in [0.15, 0.2) is 30.5 Å². The molecule has 4 rings (SSSR count). The van der Waals surface area contributed by atoms with Crippen LogP contribution in [0.1, 0.15) is 22.0 Å². The van der Waals surface area contributed by atoms with Crippen molar-refractivity contribution in [3.05, 3.63) is 47.7 Å². The summed E-state index contributed by atoms with van der Waals surface area (Å²) in [6, 6.07) is 7.58. The van der Waals surface area contributed by atoms with Gasteiger partial charge in [0.05, 0.1) is 12.8 Å². The van der Waals surface area contributed by atoms with Crippen LogP contribution in [0, 0.1) is 13.8 Å². The van der Waals surface area contributed by atoms with Crippen molar-refractivity contribution < 1.29 is 9.53 Å². The van der Waals surface area contributed by atoms with Crippen molar-refractivity contribution in [3.8, 4) is 5.88 Å². The van der Waals surface area contributed by atoms with Crippen LogP contribution in [0.3, 0.4) is 0 Å². The van der Waals surface area contributed by atoms with Gasteiger partial charge in [-0.25, -0.2) is 9.97 Å². The quantitative estimate of drug-likeness (QED) is 0.702. The van der Waals surface area contributed by atoms with E-state index in [1.165, 1.54) is 0 Å². The van der Waals surface area contributed by atoms with Crippen molar-refractivity contribution in [2.24, 2.45) is 0 Å². The van der Waals surface area contributed by atoms with E-state index in [0.29, 0.717) is 43.6 Å². The zero-order valence-corrected chi connectivity index (χ0v) is 15.7. The molecule has 140 valence electrons. The van der Waals surface area contributed by atoms with Gasteiger partial charge in [0.25, 0.3) is 5.91 Å². The smallest absolute Gasteiger partial charge is 0.272 e. The number of imidazole rings is 1. The highest BCUT2D eigenvalue weighted by Gasteiger charge is 2.26. The molecule has 0 unspecified atom stereocenters. The lowest BCUT2D eigenvalue weighted by Crippen LogP contribution is -2.49. The Morgan fingerprint density at radius 3 is 2.59 bits per heavy atom. The summed E-state index contributed by atoms with van der Waals surface area (Å²) in [5.41, 5.74) is 2.18. The highest BCUT2D eigenvalue weighted by Crippen LogP contribution is 2.20. The molecule has 0 bridgehead atoms. The highest BCUT2D eigenvalue weighted by atomic mass is 16.5. The minimum atomic E-state index is 0.0160. The summed E-state index contributed by atoms with van der Waals surface area (Å²) in [7, 11) is 1.60. The molecule has 27 heavy (non-hydrogen) atoms. The monoisotopic (exact) mass is 366 g/mol. The minimum Gasteiger partial charge on any atom is -0.481 e. The number of pyridine rings is 1. The molecular weight excluding hydrogens is 344 g/mol. The van der Waals surface area contributed by atoms with E-state index in [2.05, 4.69) is 19.9 Å². The van der Waals surface area contributed by atoms with E-state index in [1.54, 1.807) is 7.11 Å². The summed E-state index contributed by atoms with van der Waals surface area (Å²) in [5.74, 6) is 2.07. The van der Waals surface area contributed by atoms with Crippen molar-refractivity contribution in [1.82, 2.24) is 24.3 Å². The van der Waals surface area contributed by atoms with Gasteiger partial charge in [-0.05, 0) is 26.0 Å². The second kappa shape index (κ2) is 6.86. The maximum absolute atomic E-state index is 13.1. The molecule has 0 spiro atoms. The summed E-state index contributed by atoms with van der Waals surface area (Å²) < 4.78 is 7.10. The molecule has 8 heteroatoms. The van der Waals surface area contributed by atoms with Crippen molar-refractivity contribution >= 4 is 17.4 Å². The predicted molar refractivity (Wildman–Crippen MR) is 101 cm³/mol. The molecule has 0 aromatic carbocycles. The Bertz CT molecular complexity index is 991. The molecular formula is C19H22N6O2. The Morgan fingerprint density at radius 2 is 1.85 bits per heavy atom. The Balaban J connectivity index is 1.51. The first kappa shape index (κ1) is 17.3. The Hall–Kier alpha value is -3.16. The first-order valence-corrected chi connectivity index (χ1v) is 8.94. The molecule has 4 heterocycles. The van der Waals surface area contributed by atoms with Crippen LogP contribution in [0.4, 0.5) is 5.82 Å². The number of nitrogens with zero attached hydrogens (tertiary/aromatic N) is 6. The third-order valence-corrected chi connectivity index (χ3v) is 4.81. The lowest BCUT2D eigenvalue weighted by molar-refractivity contribution is 0.0738.